The molecule has 0 aliphatic carbocycles. The third-order valence-electron chi connectivity index (χ3n) is 3.56. The van der Waals surface area contributed by atoms with Gasteiger partial charge >= 0.3 is 0 Å². The largest absolute Gasteiger partial charge is 0.330 e. The van der Waals surface area contributed by atoms with Crippen molar-refractivity contribution in [2.45, 2.75) is 26.4 Å². The summed E-state index contributed by atoms with van der Waals surface area (Å²) in [6.45, 7) is 4.09. The van der Waals surface area contributed by atoms with Gasteiger partial charge in [0.25, 0.3) is 11.7 Å². The Bertz CT molecular complexity index is 736. The predicted molar refractivity (Wildman–Crippen MR) is 74.5 cm³/mol. The molecule has 0 bridgehead atoms. The molecule has 2 heterocycles. The molecular weight excluding hydrogens is 273 g/mol. The number of ketones is 1. The van der Waals surface area contributed by atoms with Crippen LogP contribution in [0.2, 0.25) is 0 Å². The number of para-hydroxylation sites is 1. The number of Topliss-reactive ketones (excluding diaryl/α,β-unsaturated/α-hetero) is 1. The molecule has 0 spiro atoms. The highest BCUT2D eigenvalue weighted by molar-refractivity contribution is 6.52. The maximum atomic E-state index is 14.0. The van der Waals surface area contributed by atoms with Gasteiger partial charge in [-0.05, 0) is 26.0 Å². The molecular formula is C15H14FN3O2. The maximum absolute atomic E-state index is 14.0. The Balaban J connectivity index is 2.03. The van der Waals surface area contributed by atoms with E-state index in [1.807, 2.05) is 18.4 Å². The average molecular weight is 287 g/mol. The zero-order valence-corrected chi connectivity index (χ0v) is 11.7. The van der Waals surface area contributed by atoms with Gasteiger partial charge in [-0.1, -0.05) is 6.07 Å². The molecule has 1 aromatic carbocycles. The van der Waals surface area contributed by atoms with Gasteiger partial charge in [-0.2, -0.15) is 0 Å². The summed E-state index contributed by atoms with van der Waals surface area (Å²) < 4.78 is 15.9. The minimum atomic E-state index is -0.702. The Morgan fingerprint density at radius 1 is 1.29 bits per heavy atom. The Morgan fingerprint density at radius 2 is 2.05 bits per heavy atom. The number of benzene rings is 1. The normalized spacial score (nSPS) is 14.2. The molecule has 0 radical (unpaired) electrons. The van der Waals surface area contributed by atoms with Crippen molar-refractivity contribution in [3.8, 4) is 0 Å². The molecule has 1 aliphatic heterocycles. The van der Waals surface area contributed by atoms with Crippen molar-refractivity contribution in [2.24, 2.45) is 0 Å². The van der Waals surface area contributed by atoms with Gasteiger partial charge < -0.3 is 4.57 Å². The van der Waals surface area contributed by atoms with Crippen LogP contribution in [-0.2, 0) is 11.3 Å². The van der Waals surface area contributed by atoms with Crippen molar-refractivity contribution < 1.29 is 14.0 Å². The first-order valence-corrected chi connectivity index (χ1v) is 6.66. The lowest BCUT2D eigenvalue weighted by Gasteiger charge is -2.19. The second-order valence-electron chi connectivity index (χ2n) is 5.24. The van der Waals surface area contributed by atoms with E-state index in [2.05, 4.69) is 4.98 Å². The van der Waals surface area contributed by atoms with Crippen LogP contribution in [0.15, 0.2) is 30.7 Å². The number of amides is 1. The third-order valence-corrected chi connectivity index (χ3v) is 3.56. The quantitative estimate of drug-likeness (QED) is 0.814. The lowest BCUT2D eigenvalue weighted by molar-refractivity contribution is -0.114. The Labute approximate surface area is 121 Å². The van der Waals surface area contributed by atoms with E-state index in [0.29, 0.717) is 0 Å². The van der Waals surface area contributed by atoms with Crippen molar-refractivity contribution >= 4 is 17.4 Å². The molecule has 5 nitrogen and oxygen atoms in total. The van der Waals surface area contributed by atoms with Crippen molar-refractivity contribution in [2.75, 3.05) is 4.90 Å². The van der Waals surface area contributed by atoms with Gasteiger partial charge in [0.05, 0.1) is 29.8 Å². The van der Waals surface area contributed by atoms with Gasteiger partial charge in [0.2, 0.25) is 0 Å². The summed E-state index contributed by atoms with van der Waals surface area (Å²) in [5.41, 5.74) is 0.932. The van der Waals surface area contributed by atoms with Gasteiger partial charge in [-0.15, -0.1) is 0 Å². The number of carbonyl (C=O) groups excluding carboxylic acids is 2. The summed E-state index contributed by atoms with van der Waals surface area (Å²) in [5, 5.41) is 0. The molecule has 1 aliphatic rings. The lowest BCUT2D eigenvalue weighted by atomic mass is 10.1. The van der Waals surface area contributed by atoms with Crippen LogP contribution >= 0.6 is 0 Å². The van der Waals surface area contributed by atoms with Crippen LogP contribution in [-0.4, -0.2) is 21.2 Å². The van der Waals surface area contributed by atoms with E-state index >= 15 is 0 Å². The minimum absolute atomic E-state index is 0.0593. The predicted octanol–water partition coefficient (Wildman–Crippen LogP) is 2.33. The van der Waals surface area contributed by atoms with E-state index < -0.39 is 17.5 Å². The molecule has 0 saturated heterocycles. The van der Waals surface area contributed by atoms with E-state index in [1.54, 1.807) is 12.5 Å². The molecule has 0 fully saturated rings. The first-order chi connectivity index (χ1) is 10.0. The van der Waals surface area contributed by atoms with E-state index in [4.69, 9.17) is 0 Å². The summed E-state index contributed by atoms with van der Waals surface area (Å²) in [7, 11) is 0. The Kier molecular flexibility index (Phi) is 3.08. The van der Waals surface area contributed by atoms with Crippen molar-refractivity contribution in [3.63, 3.8) is 0 Å². The fraction of sp³-hybridized carbons (Fsp3) is 0.267. The molecule has 108 valence electrons. The van der Waals surface area contributed by atoms with Crippen LogP contribution in [0, 0.1) is 5.82 Å². The molecule has 21 heavy (non-hydrogen) atoms. The van der Waals surface area contributed by atoms with Crippen LogP contribution in [0.4, 0.5) is 10.1 Å². The first-order valence-electron chi connectivity index (χ1n) is 6.66. The number of imidazole rings is 1. The molecule has 0 N–H and O–H groups in total. The highest BCUT2D eigenvalue weighted by Gasteiger charge is 2.38. The molecule has 6 heteroatoms. The number of fused-ring (bicyclic) bond motifs is 1. The second kappa shape index (κ2) is 4.80. The van der Waals surface area contributed by atoms with Crippen molar-refractivity contribution in [1.82, 2.24) is 9.55 Å². The van der Waals surface area contributed by atoms with E-state index in [9.17, 15) is 14.0 Å². The number of nitrogens with zero attached hydrogens (tertiary/aromatic N) is 3. The molecule has 2 aromatic rings. The van der Waals surface area contributed by atoms with Gasteiger partial charge in [0.1, 0.15) is 5.82 Å². The van der Waals surface area contributed by atoms with Crippen molar-refractivity contribution in [1.29, 1.82) is 0 Å². The summed E-state index contributed by atoms with van der Waals surface area (Å²) in [4.78, 5) is 29.3. The second-order valence-corrected chi connectivity index (χ2v) is 5.24. The van der Waals surface area contributed by atoms with Crippen LogP contribution in [0.3, 0.4) is 0 Å². The van der Waals surface area contributed by atoms with Crippen LogP contribution in [0.5, 0.6) is 0 Å². The van der Waals surface area contributed by atoms with Crippen LogP contribution in [0.25, 0.3) is 0 Å². The standard InChI is InChI=1S/C15H14FN3O2/c1-9(2)19-8-17-6-10(19)7-18-13-11(14(20)15(18)21)4-3-5-12(13)16/h3-6,8-9H,7H2,1-2H3. The Hall–Kier alpha value is -2.50. The molecule has 1 amide bonds. The summed E-state index contributed by atoms with van der Waals surface area (Å²) in [6, 6.07) is 4.31. The number of hydrogen-bond donors (Lipinski definition) is 0. The topological polar surface area (TPSA) is 55.2 Å². The van der Waals surface area contributed by atoms with Gasteiger partial charge in [0, 0.05) is 12.2 Å². The lowest BCUT2D eigenvalue weighted by Crippen LogP contribution is -2.30. The number of aromatic nitrogens is 2. The van der Waals surface area contributed by atoms with Crippen molar-refractivity contribution in [3.05, 3.63) is 47.8 Å². The van der Waals surface area contributed by atoms with E-state index in [0.717, 1.165) is 5.69 Å². The Morgan fingerprint density at radius 3 is 2.76 bits per heavy atom. The maximum Gasteiger partial charge on any atom is 0.299 e. The van der Waals surface area contributed by atoms with Crippen LogP contribution < -0.4 is 4.90 Å². The van der Waals surface area contributed by atoms with Crippen LogP contribution in [0.1, 0.15) is 35.9 Å². The minimum Gasteiger partial charge on any atom is -0.330 e. The zero-order valence-electron chi connectivity index (χ0n) is 11.7. The number of carbonyl (C=O) groups is 2. The zero-order chi connectivity index (χ0) is 15.1. The smallest absolute Gasteiger partial charge is 0.299 e. The summed E-state index contributed by atoms with van der Waals surface area (Å²) in [5.74, 6) is -1.94. The van der Waals surface area contributed by atoms with Gasteiger partial charge in [-0.25, -0.2) is 9.37 Å². The number of hydrogen-bond acceptors (Lipinski definition) is 3. The third kappa shape index (κ3) is 2.03. The monoisotopic (exact) mass is 287 g/mol. The average Bonchev–Trinajstić information content (AvgIpc) is 2.99. The molecule has 3 rings (SSSR count). The molecule has 0 saturated carbocycles. The summed E-state index contributed by atoms with van der Waals surface area (Å²) in [6.07, 6.45) is 3.28. The number of anilines is 1. The highest BCUT2D eigenvalue weighted by atomic mass is 19.1. The first kappa shape index (κ1) is 13.5. The fourth-order valence-corrected chi connectivity index (χ4v) is 2.54. The summed E-state index contributed by atoms with van der Waals surface area (Å²) >= 11 is 0. The number of rotatable bonds is 3. The number of halogens is 1. The highest BCUT2D eigenvalue weighted by Crippen LogP contribution is 2.32. The van der Waals surface area contributed by atoms with E-state index in [-0.39, 0.29) is 23.8 Å². The fourth-order valence-electron chi connectivity index (χ4n) is 2.54. The van der Waals surface area contributed by atoms with Gasteiger partial charge in [0.15, 0.2) is 0 Å². The molecule has 1 aromatic heterocycles. The molecule has 0 unspecified atom stereocenters. The molecule has 0 atom stereocenters. The SMILES string of the molecule is CC(C)n1cncc1CN1C(=O)C(=O)c2cccc(F)c21. The van der Waals surface area contributed by atoms with Gasteiger partial charge in [-0.3, -0.25) is 14.5 Å². The van der Waals surface area contributed by atoms with E-state index in [1.165, 1.54) is 23.1 Å².